The zero-order valence-electron chi connectivity index (χ0n) is 5.39. The number of hydrogen-bond acceptors (Lipinski definition) is 1. The molecule has 8 heavy (non-hydrogen) atoms. The van der Waals surface area contributed by atoms with Crippen molar-refractivity contribution in [3.63, 3.8) is 0 Å². The molecule has 0 heterocycles. The summed E-state index contributed by atoms with van der Waals surface area (Å²) < 4.78 is 0. The highest BCUT2D eigenvalue weighted by atomic mass is 35.5. The standard InChI is InChI=1S/C6H13ClS/c1-5(7)3-4-6(2)8/h5-6,8H,3-4H2,1-2H3. The van der Waals surface area contributed by atoms with E-state index in [-0.39, 0.29) is 0 Å². The van der Waals surface area contributed by atoms with E-state index in [0.717, 1.165) is 12.8 Å². The van der Waals surface area contributed by atoms with Crippen molar-refractivity contribution in [2.24, 2.45) is 0 Å². The van der Waals surface area contributed by atoms with Crippen LogP contribution in [0.1, 0.15) is 26.7 Å². The number of halogens is 1. The van der Waals surface area contributed by atoms with Gasteiger partial charge in [-0.05, 0) is 25.0 Å². The van der Waals surface area contributed by atoms with Gasteiger partial charge in [-0.2, -0.15) is 12.6 Å². The minimum Gasteiger partial charge on any atom is -0.176 e. The zero-order chi connectivity index (χ0) is 6.57. The van der Waals surface area contributed by atoms with Gasteiger partial charge in [-0.25, -0.2) is 0 Å². The van der Waals surface area contributed by atoms with E-state index < -0.39 is 0 Å². The van der Waals surface area contributed by atoms with Crippen LogP contribution in [-0.2, 0) is 0 Å². The summed E-state index contributed by atoms with van der Waals surface area (Å²) in [6.45, 7) is 4.10. The van der Waals surface area contributed by atoms with Crippen molar-refractivity contribution in [3.8, 4) is 0 Å². The SMILES string of the molecule is CC(S)CCC(C)Cl. The molecular weight excluding hydrogens is 140 g/mol. The van der Waals surface area contributed by atoms with E-state index in [9.17, 15) is 0 Å². The lowest BCUT2D eigenvalue weighted by molar-refractivity contribution is 0.722. The van der Waals surface area contributed by atoms with Crippen molar-refractivity contribution in [2.45, 2.75) is 37.3 Å². The Bertz CT molecular complexity index is 44.5. The van der Waals surface area contributed by atoms with E-state index in [1.54, 1.807) is 0 Å². The molecule has 0 nitrogen and oxygen atoms in total. The van der Waals surface area contributed by atoms with Gasteiger partial charge in [0.2, 0.25) is 0 Å². The number of hydrogen-bond donors (Lipinski definition) is 1. The smallest absolute Gasteiger partial charge is 0.0308 e. The molecule has 2 heteroatoms. The Morgan fingerprint density at radius 2 is 1.88 bits per heavy atom. The summed E-state index contributed by atoms with van der Waals surface area (Å²) in [5, 5.41) is 0.806. The fraction of sp³-hybridized carbons (Fsp3) is 1.00. The minimum atomic E-state index is 0.310. The van der Waals surface area contributed by atoms with Gasteiger partial charge >= 0.3 is 0 Å². The maximum absolute atomic E-state index is 5.69. The summed E-state index contributed by atoms with van der Waals surface area (Å²) in [5.41, 5.74) is 0. The van der Waals surface area contributed by atoms with Crippen molar-refractivity contribution in [1.82, 2.24) is 0 Å². The maximum Gasteiger partial charge on any atom is 0.0308 e. The highest BCUT2D eigenvalue weighted by Crippen LogP contribution is 2.09. The van der Waals surface area contributed by atoms with Crippen LogP contribution in [0.25, 0.3) is 0 Å². The van der Waals surface area contributed by atoms with E-state index in [2.05, 4.69) is 19.6 Å². The van der Waals surface area contributed by atoms with Crippen molar-refractivity contribution >= 4 is 24.2 Å². The van der Waals surface area contributed by atoms with E-state index in [4.69, 9.17) is 11.6 Å². The first-order chi connectivity index (χ1) is 3.63. The summed E-state index contributed by atoms with van der Waals surface area (Å²) in [6, 6.07) is 0. The third kappa shape index (κ3) is 6.64. The monoisotopic (exact) mass is 152 g/mol. The largest absolute Gasteiger partial charge is 0.176 e. The van der Waals surface area contributed by atoms with Gasteiger partial charge in [-0.15, -0.1) is 11.6 Å². The average molecular weight is 153 g/mol. The van der Waals surface area contributed by atoms with Crippen LogP contribution in [0.15, 0.2) is 0 Å². The molecule has 0 N–H and O–H groups in total. The summed E-state index contributed by atoms with van der Waals surface area (Å²) in [5.74, 6) is 0. The molecule has 0 bridgehead atoms. The van der Waals surface area contributed by atoms with Crippen molar-refractivity contribution in [3.05, 3.63) is 0 Å². The lowest BCUT2D eigenvalue weighted by Crippen LogP contribution is -1.96. The first kappa shape index (κ1) is 8.64. The van der Waals surface area contributed by atoms with E-state index in [1.165, 1.54) is 0 Å². The van der Waals surface area contributed by atoms with Crippen LogP contribution in [0, 0.1) is 0 Å². The van der Waals surface area contributed by atoms with E-state index in [1.807, 2.05) is 6.92 Å². The Balaban J connectivity index is 2.93. The number of alkyl halides is 1. The van der Waals surface area contributed by atoms with Gasteiger partial charge in [0, 0.05) is 5.38 Å². The normalized spacial score (nSPS) is 18.0. The molecule has 0 amide bonds. The Hall–Kier alpha value is 0.640. The summed E-state index contributed by atoms with van der Waals surface area (Å²) >= 11 is 9.90. The predicted molar refractivity (Wildman–Crippen MR) is 43.0 cm³/mol. The summed E-state index contributed by atoms with van der Waals surface area (Å²) in [7, 11) is 0. The van der Waals surface area contributed by atoms with Gasteiger partial charge in [0.1, 0.15) is 0 Å². The van der Waals surface area contributed by atoms with Crippen LogP contribution in [0.4, 0.5) is 0 Å². The molecule has 0 saturated carbocycles. The van der Waals surface area contributed by atoms with Crippen molar-refractivity contribution in [2.75, 3.05) is 0 Å². The Kier molecular flexibility index (Phi) is 4.87. The summed E-state index contributed by atoms with van der Waals surface area (Å²) in [6.07, 6.45) is 2.19. The molecule has 0 radical (unpaired) electrons. The Morgan fingerprint density at radius 1 is 1.38 bits per heavy atom. The lowest BCUT2D eigenvalue weighted by atomic mass is 10.2. The van der Waals surface area contributed by atoms with Crippen LogP contribution in [0.5, 0.6) is 0 Å². The van der Waals surface area contributed by atoms with E-state index in [0.29, 0.717) is 10.6 Å². The zero-order valence-corrected chi connectivity index (χ0v) is 7.04. The fourth-order valence-electron chi connectivity index (χ4n) is 0.471. The molecule has 0 saturated heterocycles. The van der Waals surface area contributed by atoms with Gasteiger partial charge in [-0.3, -0.25) is 0 Å². The second-order valence-corrected chi connectivity index (χ2v) is 3.83. The minimum absolute atomic E-state index is 0.310. The molecule has 0 spiro atoms. The van der Waals surface area contributed by atoms with Crippen LogP contribution >= 0.6 is 24.2 Å². The lowest BCUT2D eigenvalue weighted by Gasteiger charge is -2.03. The Labute approximate surface area is 62.0 Å². The van der Waals surface area contributed by atoms with Gasteiger partial charge < -0.3 is 0 Å². The number of rotatable bonds is 3. The van der Waals surface area contributed by atoms with Gasteiger partial charge in [0.25, 0.3) is 0 Å². The highest BCUT2D eigenvalue weighted by Gasteiger charge is 1.98. The van der Waals surface area contributed by atoms with Crippen LogP contribution in [0.2, 0.25) is 0 Å². The quantitative estimate of drug-likeness (QED) is 0.467. The van der Waals surface area contributed by atoms with Crippen LogP contribution in [0.3, 0.4) is 0 Å². The molecule has 0 aromatic rings. The predicted octanol–water partition coefficient (Wildman–Crippen LogP) is 2.71. The molecule has 0 fully saturated rings. The molecule has 0 aliphatic rings. The topological polar surface area (TPSA) is 0 Å². The summed E-state index contributed by atoms with van der Waals surface area (Å²) in [4.78, 5) is 0. The third-order valence-corrected chi connectivity index (χ3v) is 1.46. The highest BCUT2D eigenvalue weighted by molar-refractivity contribution is 7.80. The fourth-order valence-corrected chi connectivity index (χ4v) is 0.746. The third-order valence-electron chi connectivity index (χ3n) is 0.982. The van der Waals surface area contributed by atoms with Crippen LogP contribution in [-0.4, -0.2) is 10.6 Å². The molecule has 0 rings (SSSR count). The van der Waals surface area contributed by atoms with Gasteiger partial charge in [-0.1, -0.05) is 6.92 Å². The number of thiol groups is 1. The first-order valence-corrected chi connectivity index (χ1v) is 3.90. The van der Waals surface area contributed by atoms with Crippen LogP contribution < -0.4 is 0 Å². The molecule has 2 unspecified atom stereocenters. The molecule has 50 valence electrons. The molecule has 2 atom stereocenters. The molecular formula is C6H13ClS. The maximum atomic E-state index is 5.69. The molecule has 0 aromatic carbocycles. The molecule has 0 aliphatic heterocycles. The van der Waals surface area contributed by atoms with Gasteiger partial charge in [0.05, 0.1) is 0 Å². The van der Waals surface area contributed by atoms with Crippen molar-refractivity contribution < 1.29 is 0 Å². The Morgan fingerprint density at radius 3 is 2.00 bits per heavy atom. The van der Waals surface area contributed by atoms with Crippen molar-refractivity contribution in [1.29, 1.82) is 0 Å². The molecule has 0 aliphatic carbocycles. The molecule has 0 aromatic heterocycles. The first-order valence-electron chi connectivity index (χ1n) is 2.95. The van der Waals surface area contributed by atoms with Gasteiger partial charge in [0.15, 0.2) is 0 Å². The second-order valence-electron chi connectivity index (χ2n) is 2.21. The second kappa shape index (κ2) is 4.51. The average Bonchev–Trinajstić information content (AvgIpc) is 1.61. The van der Waals surface area contributed by atoms with E-state index >= 15 is 0 Å².